The van der Waals surface area contributed by atoms with Crippen molar-refractivity contribution in [3.63, 3.8) is 0 Å². The molecule has 0 saturated carbocycles. The second-order valence-corrected chi connectivity index (χ2v) is 3.76. The molecule has 82 valence electrons. The molecule has 0 bridgehead atoms. The zero-order valence-corrected chi connectivity index (χ0v) is 9.14. The van der Waals surface area contributed by atoms with Crippen molar-refractivity contribution in [1.82, 2.24) is 5.32 Å². The van der Waals surface area contributed by atoms with Gasteiger partial charge < -0.3 is 5.32 Å². The third-order valence-electron chi connectivity index (χ3n) is 2.44. The van der Waals surface area contributed by atoms with Crippen LogP contribution >= 0.6 is 0 Å². The molecule has 1 saturated heterocycles. The van der Waals surface area contributed by atoms with Crippen molar-refractivity contribution in [2.24, 2.45) is 5.92 Å². The number of hydrogen-bond donors (Lipinski definition) is 1. The first kappa shape index (κ1) is 11.8. The van der Waals surface area contributed by atoms with Gasteiger partial charge in [-0.25, -0.2) is 0 Å². The Bertz CT molecular complexity index is 298. The Morgan fingerprint density at radius 1 is 1.53 bits per heavy atom. The molecule has 3 nitrogen and oxygen atoms in total. The van der Waals surface area contributed by atoms with Gasteiger partial charge in [0.25, 0.3) is 0 Å². The molecule has 0 aromatic rings. The number of Topliss-reactive ketones (excluding diaryl/α,β-unsaturated/α-hetero) is 1. The molecule has 1 fully saturated rings. The molecule has 1 unspecified atom stereocenters. The van der Waals surface area contributed by atoms with E-state index in [9.17, 15) is 9.59 Å². The van der Waals surface area contributed by atoms with E-state index < -0.39 is 5.92 Å². The van der Waals surface area contributed by atoms with E-state index in [4.69, 9.17) is 0 Å². The Labute approximate surface area is 90.6 Å². The summed E-state index contributed by atoms with van der Waals surface area (Å²) in [6.45, 7) is 2.70. The predicted molar refractivity (Wildman–Crippen MR) is 58.0 cm³/mol. The lowest BCUT2D eigenvalue weighted by Gasteiger charge is -2.06. The zero-order chi connectivity index (χ0) is 11.1. The van der Waals surface area contributed by atoms with Gasteiger partial charge in [0.15, 0.2) is 0 Å². The predicted octanol–water partition coefficient (Wildman–Crippen LogP) is 1.28. The summed E-state index contributed by atoms with van der Waals surface area (Å²) in [4.78, 5) is 23.1. The normalized spacial score (nSPS) is 20.9. The van der Waals surface area contributed by atoms with Crippen molar-refractivity contribution in [2.45, 2.75) is 39.0 Å². The average molecular weight is 207 g/mol. The molecule has 15 heavy (non-hydrogen) atoms. The van der Waals surface area contributed by atoms with Gasteiger partial charge in [-0.15, -0.1) is 0 Å². The Hall–Kier alpha value is -1.30. The monoisotopic (exact) mass is 207 g/mol. The van der Waals surface area contributed by atoms with E-state index in [0.29, 0.717) is 13.0 Å². The maximum atomic E-state index is 11.6. The maximum absolute atomic E-state index is 11.6. The lowest BCUT2D eigenvalue weighted by atomic mass is 9.98. The summed E-state index contributed by atoms with van der Waals surface area (Å²) in [5.74, 6) is 4.46. The summed E-state index contributed by atoms with van der Waals surface area (Å²) < 4.78 is 0. The van der Waals surface area contributed by atoms with Crippen molar-refractivity contribution in [3.8, 4) is 11.8 Å². The fraction of sp³-hybridized carbons (Fsp3) is 0.667. The van der Waals surface area contributed by atoms with Crippen LogP contribution < -0.4 is 5.32 Å². The van der Waals surface area contributed by atoms with E-state index in [0.717, 1.165) is 25.7 Å². The van der Waals surface area contributed by atoms with Gasteiger partial charge in [-0.1, -0.05) is 19.3 Å². The van der Waals surface area contributed by atoms with Gasteiger partial charge in [0.2, 0.25) is 11.7 Å². The molecule has 0 spiro atoms. The first-order valence-corrected chi connectivity index (χ1v) is 5.56. The van der Waals surface area contributed by atoms with E-state index in [1.54, 1.807) is 0 Å². The lowest BCUT2D eigenvalue weighted by molar-refractivity contribution is -0.131. The molecular weight excluding hydrogens is 190 g/mol. The topological polar surface area (TPSA) is 46.2 Å². The number of carbonyl (C=O) groups excluding carboxylic acids is 2. The minimum absolute atomic E-state index is 0.150. The standard InChI is InChI=1S/C12H17NO2/c1-2-3-4-8-11(14)10-7-5-6-9-13-12(10)15/h10H,2-3,5-7,9H2,1H3,(H,13,15). The van der Waals surface area contributed by atoms with Crippen LogP contribution in [0.3, 0.4) is 0 Å². The minimum atomic E-state index is -0.531. The number of carbonyl (C=O) groups is 2. The van der Waals surface area contributed by atoms with Crippen LogP contribution in [-0.4, -0.2) is 18.2 Å². The minimum Gasteiger partial charge on any atom is -0.355 e. The third kappa shape index (κ3) is 3.75. The van der Waals surface area contributed by atoms with E-state index in [-0.39, 0.29) is 11.7 Å². The molecule has 1 aliphatic heterocycles. The van der Waals surface area contributed by atoms with Crippen LogP contribution in [0, 0.1) is 17.8 Å². The zero-order valence-electron chi connectivity index (χ0n) is 9.14. The number of hydrogen-bond acceptors (Lipinski definition) is 2. The molecule has 0 aliphatic carbocycles. The van der Waals surface area contributed by atoms with Crippen molar-refractivity contribution < 1.29 is 9.59 Å². The SMILES string of the molecule is CCCC#CC(=O)C1CCCCNC1=O. The highest BCUT2D eigenvalue weighted by molar-refractivity contribution is 6.09. The van der Waals surface area contributed by atoms with Crippen LogP contribution in [0.4, 0.5) is 0 Å². The maximum Gasteiger partial charge on any atom is 0.231 e. The molecule has 1 N–H and O–H groups in total. The first-order chi connectivity index (χ1) is 7.25. The van der Waals surface area contributed by atoms with Gasteiger partial charge in [-0.05, 0) is 25.2 Å². The van der Waals surface area contributed by atoms with Crippen molar-refractivity contribution in [3.05, 3.63) is 0 Å². The number of rotatable bonds is 2. The van der Waals surface area contributed by atoms with Crippen LogP contribution in [-0.2, 0) is 9.59 Å². The molecule has 1 aliphatic rings. The molecule has 1 amide bonds. The fourth-order valence-corrected chi connectivity index (χ4v) is 1.55. The summed E-state index contributed by atoms with van der Waals surface area (Å²) in [7, 11) is 0. The highest BCUT2D eigenvalue weighted by Crippen LogP contribution is 2.13. The third-order valence-corrected chi connectivity index (χ3v) is 2.44. The van der Waals surface area contributed by atoms with E-state index >= 15 is 0 Å². The van der Waals surface area contributed by atoms with Crippen molar-refractivity contribution in [2.75, 3.05) is 6.54 Å². The second-order valence-electron chi connectivity index (χ2n) is 3.76. The molecule has 1 heterocycles. The lowest BCUT2D eigenvalue weighted by Crippen LogP contribution is -2.33. The van der Waals surface area contributed by atoms with Gasteiger partial charge in [0.1, 0.15) is 5.92 Å². The second kappa shape index (κ2) is 6.23. The van der Waals surface area contributed by atoms with Crippen LogP contribution in [0.2, 0.25) is 0 Å². The number of nitrogens with one attached hydrogen (secondary N) is 1. The first-order valence-electron chi connectivity index (χ1n) is 5.56. The molecular formula is C12H17NO2. The van der Waals surface area contributed by atoms with E-state index in [1.165, 1.54) is 0 Å². The molecule has 1 rings (SSSR count). The van der Waals surface area contributed by atoms with Crippen molar-refractivity contribution >= 4 is 11.7 Å². The quantitative estimate of drug-likeness (QED) is 0.421. The fourth-order valence-electron chi connectivity index (χ4n) is 1.55. The van der Waals surface area contributed by atoms with Crippen LogP contribution in [0.25, 0.3) is 0 Å². The van der Waals surface area contributed by atoms with Gasteiger partial charge in [-0.2, -0.15) is 0 Å². The molecule has 0 aromatic heterocycles. The smallest absolute Gasteiger partial charge is 0.231 e. The Balaban J connectivity index is 2.57. The average Bonchev–Trinajstić information content (AvgIpc) is 2.43. The van der Waals surface area contributed by atoms with E-state index in [1.807, 2.05) is 6.92 Å². The highest BCUT2D eigenvalue weighted by atomic mass is 16.2. The molecule has 0 aromatic carbocycles. The van der Waals surface area contributed by atoms with Crippen LogP contribution in [0.5, 0.6) is 0 Å². The summed E-state index contributed by atoms with van der Waals surface area (Å²) >= 11 is 0. The van der Waals surface area contributed by atoms with Crippen LogP contribution in [0.1, 0.15) is 39.0 Å². The van der Waals surface area contributed by atoms with Gasteiger partial charge in [0.05, 0.1) is 0 Å². The Kier molecular flexibility index (Phi) is 4.89. The summed E-state index contributed by atoms with van der Waals surface area (Å²) in [6.07, 6.45) is 4.19. The molecule has 1 atom stereocenters. The van der Waals surface area contributed by atoms with E-state index in [2.05, 4.69) is 17.2 Å². The number of ketones is 1. The highest BCUT2D eigenvalue weighted by Gasteiger charge is 2.26. The summed E-state index contributed by atoms with van der Waals surface area (Å²) in [5.41, 5.74) is 0. The summed E-state index contributed by atoms with van der Waals surface area (Å²) in [6, 6.07) is 0. The molecule has 0 radical (unpaired) electrons. The Morgan fingerprint density at radius 3 is 3.07 bits per heavy atom. The Morgan fingerprint density at radius 2 is 2.33 bits per heavy atom. The van der Waals surface area contributed by atoms with Gasteiger partial charge in [-0.3, -0.25) is 9.59 Å². The summed E-state index contributed by atoms with van der Waals surface area (Å²) in [5, 5.41) is 2.74. The number of amides is 1. The molecule has 3 heteroatoms. The largest absolute Gasteiger partial charge is 0.355 e. The number of unbranched alkanes of at least 4 members (excludes halogenated alkanes) is 1. The van der Waals surface area contributed by atoms with Gasteiger partial charge in [0, 0.05) is 13.0 Å². The van der Waals surface area contributed by atoms with Crippen LogP contribution in [0.15, 0.2) is 0 Å². The van der Waals surface area contributed by atoms with Gasteiger partial charge >= 0.3 is 0 Å². The van der Waals surface area contributed by atoms with Crippen molar-refractivity contribution in [1.29, 1.82) is 0 Å².